The van der Waals surface area contributed by atoms with Crippen molar-refractivity contribution in [3.8, 4) is 0 Å². The van der Waals surface area contributed by atoms with Crippen molar-refractivity contribution in [3.05, 3.63) is 38.9 Å². The molecule has 1 atom stereocenters. The molecule has 0 unspecified atom stereocenters. The fourth-order valence-corrected chi connectivity index (χ4v) is 1.84. The Hall–Kier alpha value is -2.15. The van der Waals surface area contributed by atoms with E-state index in [4.69, 9.17) is 16.7 Å². The van der Waals surface area contributed by atoms with Crippen molar-refractivity contribution in [2.45, 2.75) is 26.8 Å². The molecular weight excluding hydrogens is 300 g/mol. The van der Waals surface area contributed by atoms with Crippen LogP contribution in [0.4, 0.5) is 5.69 Å². The molecule has 0 aliphatic rings. The van der Waals surface area contributed by atoms with Gasteiger partial charge in [-0.25, -0.2) is 4.79 Å². The lowest BCUT2D eigenvalue weighted by Gasteiger charge is -2.27. The van der Waals surface area contributed by atoms with E-state index in [1.165, 1.54) is 12.1 Å². The number of carbonyl (C=O) groups excluding carboxylic acids is 1. The third kappa shape index (κ3) is 4.16. The average Bonchev–Trinajstić information content (AvgIpc) is 2.33. The third-order valence-corrected chi connectivity index (χ3v) is 3.11. The molecule has 0 heterocycles. The molecule has 21 heavy (non-hydrogen) atoms. The van der Waals surface area contributed by atoms with E-state index >= 15 is 0 Å². The summed E-state index contributed by atoms with van der Waals surface area (Å²) in [7, 11) is 0. The zero-order valence-electron chi connectivity index (χ0n) is 11.7. The Morgan fingerprint density at radius 3 is 2.38 bits per heavy atom. The van der Waals surface area contributed by atoms with Crippen LogP contribution in [0.2, 0.25) is 5.02 Å². The van der Waals surface area contributed by atoms with Gasteiger partial charge in [-0.3, -0.25) is 14.9 Å². The SMILES string of the molecule is CC(C)(C)[C@H](NC(=O)c1ccc(Cl)c([N+](=O)[O-])c1)C(=O)O. The molecule has 1 amide bonds. The van der Waals surface area contributed by atoms with Gasteiger partial charge in [-0.05, 0) is 17.5 Å². The fraction of sp³-hybridized carbons (Fsp3) is 0.385. The van der Waals surface area contributed by atoms with Crippen LogP contribution in [0, 0.1) is 15.5 Å². The number of carboxylic acid groups (broad SMARTS) is 1. The summed E-state index contributed by atoms with van der Waals surface area (Å²) in [6, 6.07) is 2.41. The summed E-state index contributed by atoms with van der Waals surface area (Å²) in [5.41, 5.74) is -1.15. The topological polar surface area (TPSA) is 110 Å². The highest BCUT2D eigenvalue weighted by molar-refractivity contribution is 6.32. The van der Waals surface area contributed by atoms with Gasteiger partial charge in [-0.15, -0.1) is 0 Å². The lowest BCUT2D eigenvalue weighted by Crippen LogP contribution is -2.49. The van der Waals surface area contributed by atoms with E-state index < -0.39 is 33.9 Å². The number of halogens is 1. The minimum atomic E-state index is -1.18. The third-order valence-electron chi connectivity index (χ3n) is 2.79. The van der Waals surface area contributed by atoms with Gasteiger partial charge in [0, 0.05) is 11.6 Å². The van der Waals surface area contributed by atoms with Crippen LogP contribution in [0.5, 0.6) is 0 Å². The van der Waals surface area contributed by atoms with Gasteiger partial charge < -0.3 is 10.4 Å². The number of rotatable bonds is 4. The standard InChI is InChI=1S/C13H15ClN2O5/c1-13(2,3)10(12(18)19)15-11(17)7-4-5-8(14)9(6-7)16(20)21/h4-6,10H,1-3H3,(H,15,17)(H,18,19)/t10-/m1/s1. The number of aliphatic carboxylic acids is 1. The molecule has 1 aromatic rings. The van der Waals surface area contributed by atoms with Gasteiger partial charge in [0.15, 0.2) is 0 Å². The van der Waals surface area contributed by atoms with Gasteiger partial charge in [-0.1, -0.05) is 32.4 Å². The van der Waals surface area contributed by atoms with Gasteiger partial charge in [0.05, 0.1) is 4.92 Å². The highest BCUT2D eigenvalue weighted by Gasteiger charge is 2.33. The van der Waals surface area contributed by atoms with Gasteiger partial charge in [0.1, 0.15) is 11.1 Å². The van der Waals surface area contributed by atoms with Crippen LogP contribution in [0.15, 0.2) is 18.2 Å². The molecule has 0 aliphatic carbocycles. The quantitative estimate of drug-likeness (QED) is 0.655. The molecule has 0 aliphatic heterocycles. The zero-order chi connectivity index (χ0) is 16.4. The number of nitro groups is 1. The molecule has 7 nitrogen and oxygen atoms in total. The molecule has 114 valence electrons. The average molecular weight is 315 g/mol. The molecule has 0 radical (unpaired) electrons. The maximum atomic E-state index is 12.1. The predicted molar refractivity (Wildman–Crippen MR) is 76.5 cm³/mol. The number of benzene rings is 1. The molecule has 1 rings (SSSR count). The summed E-state index contributed by atoms with van der Waals surface area (Å²) in [5.74, 6) is -1.89. The van der Waals surface area contributed by atoms with Crippen LogP contribution >= 0.6 is 11.6 Å². The Balaban J connectivity index is 3.07. The van der Waals surface area contributed by atoms with Crippen molar-refractivity contribution in [3.63, 3.8) is 0 Å². The van der Waals surface area contributed by atoms with Crippen LogP contribution in [0.3, 0.4) is 0 Å². The van der Waals surface area contributed by atoms with Gasteiger partial charge in [0.25, 0.3) is 11.6 Å². The fourth-order valence-electron chi connectivity index (χ4n) is 1.66. The summed E-state index contributed by atoms with van der Waals surface area (Å²) >= 11 is 5.66. The Morgan fingerprint density at radius 2 is 1.95 bits per heavy atom. The molecule has 8 heteroatoms. The Labute approximate surface area is 126 Å². The largest absolute Gasteiger partial charge is 0.480 e. The monoisotopic (exact) mass is 314 g/mol. The second-order valence-corrected chi connectivity index (χ2v) is 5.94. The Kier molecular flexibility index (Phi) is 4.90. The van der Waals surface area contributed by atoms with Crippen LogP contribution in [0.1, 0.15) is 31.1 Å². The molecule has 0 fully saturated rings. The molecule has 0 saturated heterocycles. The van der Waals surface area contributed by atoms with E-state index in [0.29, 0.717) is 0 Å². The molecule has 0 saturated carbocycles. The maximum absolute atomic E-state index is 12.1. The van der Waals surface area contributed by atoms with E-state index in [1.54, 1.807) is 20.8 Å². The summed E-state index contributed by atoms with van der Waals surface area (Å²) < 4.78 is 0. The number of carboxylic acids is 1. The first-order valence-electron chi connectivity index (χ1n) is 6.01. The first-order valence-corrected chi connectivity index (χ1v) is 6.39. The van der Waals surface area contributed by atoms with Gasteiger partial charge in [-0.2, -0.15) is 0 Å². The van der Waals surface area contributed by atoms with Crippen molar-refractivity contribution < 1.29 is 19.6 Å². The van der Waals surface area contributed by atoms with Crippen molar-refractivity contribution in [2.24, 2.45) is 5.41 Å². The van der Waals surface area contributed by atoms with E-state index in [2.05, 4.69) is 5.32 Å². The summed E-state index contributed by atoms with van der Waals surface area (Å²) in [6.07, 6.45) is 0. The lowest BCUT2D eigenvalue weighted by atomic mass is 9.86. The summed E-state index contributed by atoms with van der Waals surface area (Å²) in [5, 5.41) is 22.2. The normalized spacial score (nSPS) is 12.6. The number of hydrogen-bond acceptors (Lipinski definition) is 4. The van der Waals surface area contributed by atoms with Crippen molar-refractivity contribution in [1.29, 1.82) is 0 Å². The molecule has 0 bridgehead atoms. The Morgan fingerprint density at radius 1 is 1.38 bits per heavy atom. The van der Waals surface area contributed by atoms with Crippen LogP contribution < -0.4 is 5.32 Å². The van der Waals surface area contributed by atoms with Gasteiger partial charge in [0.2, 0.25) is 0 Å². The molecule has 0 spiro atoms. The number of nitrogens with zero attached hydrogens (tertiary/aromatic N) is 1. The predicted octanol–water partition coefficient (Wildman–Crippen LogP) is 2.48. The molecule has 2 N–H and O–H groups in total. The van der Waals surface area contributed by atoms with Crippen molar-refractivity contribution >= 4 is 29.2 Å². The van der Waals surface area contributed by atoms with Crippen LogP contribution in [0.25, 0.3) is 0 Å². The maximum Gasteiger partial charge on any atom is 0.326 e. The number of hydrogen-bond donors (Lipinski definition) is 2. The first-order chi connectivity index (χ1) is 9.54. The first kappa shape index (κ1) is 16.9. The van der Waals surface area contributed by atoms with Crippen molar-refractivity contribution in [1.82, 2.24) is 5.32 Å². The lowest BCUT2D eigenvalue weighted by molar-refractivity contribution is -0.384. The van der Waals surface area contributed by atoms with Crippen LogP contribution in [-0.4, -0.2) is 27.9 Å². The molecular formula is C13H15ClN2O5. The van der Waals surface area contributed by atoms with Crippen molar-refractivity contribution in [2.75, 3.05) is 0 Å². The van der Waals surface area contributed by atoms with Gasteiger partial charge >= 0.3 is 5.97 Å². The number of carbonyl (C=O) groups is 2. The van der Waals surface area contributed by atoms with E-state index in [9.17, 15) is 19.7 Å². The molecule has 0 aromatic heterocycles. The van der Waals surface area contributed by atoms with Crippen LogP contribution in [-0.2, 0) is 4.79 Å². The molecule has 1 aromatic carbocycles. The summed E-state index contributed by atoms with van der Waals surface area (Å²) in [6.45, 7) is 4.99. The highest BCUT2D eigenvalue weighted by atomic mass is 35.5. The summed E-state index contributed by atoms with van der Waals surface area (Å²) in [4.78, 5) is 33.3. The Bertz CT molecular complexity index is 595. The smallest absolute Gasteiger partial charge is 0.326 e. The number of nitrogens with one attached hydrogen (secondary N) is 1. The minimum Gasteiger partial charge on any atom is -0.480 e. The second-order valence-electron chi connectivity index (χ2n) is 5.53. The van der Waals surface area contributed by atoms with E-state index in [-0.39, 0.29) is 10.6 Å². The highest BCUT2D eigenvalue weighted by Crippen LogP contribution is 2.25. The number of amides is 1. The zero-order valence-corrected chi connectivity index (χ0v) is 12.5. The minimum absolute atomic E-state index is 0.0263. The number of nitro benzene ring substituents is 1. The second kappa shape index (κ2) is 6.09. The van der Waals surface area contributed by atoms with E-state index in [0.717, 1.165) is 6.07 Å². The van der Waals surface area contributed by atoms with E-state index in [1.807, 2.05) is 0 Å².